The molecule has 0 aromatic heterocycles. The molecule has 2 heterocycles. The molecule has 2 saturated heterocycles. The second kappa shape index (κ2) is 14.4. The highest BCUT2D eigenvalue weighted by molar-refractivity contribution is 9.10. The first-order chi connectivity index (χ1) is 16.6. The number of hydrogen-bond donors (Lipinski definition) is 2. The number of nitrogens with zero attached hydrogens (tertiary/aromatic N) is 3. The molecule has 9 nitrogen and oxygen atoms in total. The number of alkyl halides is 3. The van der Waals surface area contributed by atoms with Crippen LogP contribution in [0.4, 0.5) is 13.2 Å². The van der Waals surface area contributed by atoms with Crippen molar-refractivity contribution >= 4 is 33.7 Å². The lowest BCUT2D eigenvalue weighted by Crippen LogP contribution is -2.50. The number of halogens is 4. The van der Waals surface area contributed by atoms with Crippen molar-refractivity contribution in [1.29, 1.82) is 0 Å². The summed E-state index contributed by atoms with van der Waals surface area (Å²) in [5, 5.41) is 10.4. The number of rotatable bonds is 7. The van der Waals surface area contributed by atoms with Gasteiger partial charge in [0.25, 0.3) is 5.91 Å². The summed E-state index contributed by atoms with van der Waals surface area (Å²) in [5.74, 6) is -2.82. The topological polar surface area (TPSA) is 102 Å². The van der Waals surface area contributed by atoms with Gasteiger partial charge in [-0.15, -0.1) is 0 Å². The van der Waals surface area contributed by atoms with E-state index >= 15 is 0 Å². The molecule has 3 rings (SSSR count). The Labute approximate surface area is 210 Å². The molecular formula is C22H30BrF3N4O5. The Morgan fingerprint density at radius 1 is 1.06 bits per heavy atom. The third-order valence-electron chi connectivity index (χ3n) is 5.42. The zero-order valence-corrected chi connectivity index (χ0v) is 20.8. The van der Waals surface area contributed by atoms with Gasteiger partial charge in [0, 0.05) is 62.4 Å². The normalized spacial score (nSPS) is 16.7. The molecule has 2 aliphatic rings. The molecule has 1 aromatic carbocycles. The van der Waals surface area contributed by atoms with Crippen molar-refractivity contribution in [3.8, 4) is 0 Å². The number of carboxylic acid groups (broad SMARTS) is 1. The first-order valence-corrected chi connectivity index (χ1v) is 12.0. The zero-order valence-electron chi connectivity index (χ0n) is 19.2. The van der Waals surface area contributed by atoms with Gasteiger partial charge in [0.15, 0.2) is 0 Å². The van der Waals surface area contributed by atoms with E-state index in [0.717, 1.165) is 56.8 Å². The van der Waals surface area contributed by atoms with Crippen molar-refractivity contribution in [2.24, 2.45) is 0 Å². The summed E-state index contributed by atoms with van der Waals surface area (Å²) in [6.45, 7) is 8.04. The molecule has 0 bridgehead atoms. The minimum Gasteiger partial charge on any atom is -0.475 e. The van der Waals surface area contributed by atoms with Gasteiger partial charge in [0.1, 0.15) is 6.54 Å². The molecule has 2 aliphatic heterocycles. The summed E-state index contributed by atoms with van der Waals surface area (Å²) in [6.07, 6.45) is -4.24. The molecule has 0 aliphatic carbocycles. The van der Waals surface area contributed by atoms with Crippen LogP contribution in [0.25, 0.3) is 0 Å². The number of nitrogens with one attached hydrogen (secondary N) is 1. The molecule has 13 heteroatoms. The SMILES string of the molecule is O=C(CN(CCCN1CCOCC1)C(=O)c1ccc(Br)cc1)N1CCNCC1.O=C(O)C(F)(F)F. The van der Waals surface area contributed by atoms with Crippen LogP contribution < -0.4 is 5.32 Å². The van der Waals surface area contributed by atoms with Crippen molar-refractivity contribution in [2.75, 3.05) is 72.1 Å². The van der Waals surface area contributed by atoms with Crippen LogP contribution in [0.1, 0.15) is 16.8 Å². The van der Waals surface area contributed by atoms with Gasteiger partial charge in [-0.25, -0.2) is 4.79 Å². The Morgan fingerprint density at radius 2 is 1.63 bits per heavy atom. The number of piperazine rings is 1. The van der Waals surface area contributed by atoms with E-state index in [2.05, 4.69) is 26.1 Å². The van der Waals surface area contributed by atoms with Gasteiger partial charge < -0.3 is 25.0 Å². The Bertz CT molecular complexity index is 829. The first-order valence-electron chi connectivity index (χ1n) is 11.2. The third kappa shape index (κ3) is 10.5. The smallest absolute Gasteiger partial charge is 0.475 e. The fraction of sp³-hybridized carbons (Fsp3) is 0.591. The monoisotopic (exact) mass is 566 g/mol. The van der Waals surface area contributed by atoms with Crippen LogP contribution in [0.3, 0.4) is 0 Å². The van der Waals surface area contributed by atoms with Crippen LogP contribution in [0.15, 0.2) is 28.7 Å². The summed E-state index contributed by atoms with van der Waals surface area (Å²) in [4.78, 5) is 40.6. The van der Waals surface area contributed by atoms with Gasteiger partial charge in [0.2, 0.25) is 5.91 Å². The van der Waals surface area contributed by atoms with Gasteiger partial charge in [0.05, 0.1) is 13.2 Å². The van der Waals surface area contributed by atoms with Crippen molar-refractivity contribution in [1.82, 2.24) is 20.0 Å². The predicted molar refractivity (Wildman–Crippen MR) is 125 cm³/mol. The van der Waals surface area contributed by atoms with Gasteiger partial charge in [-0.05, 0) is 30.7 Å². The van der Waals surface area contributed by atoms with E-state index in [4.69, 9.17) is 14.6 Å². The number of carbonyl (C=O) groups is 3. The van der Waals surface area contributed by atoms with E-state index in [1.165, 1.54) is 0 Å². The van der Waals surface area contributed by atoms with E-state index in [1.54, 1.807) is 17.0 Å². The number of benzene rings is 1. The van der Waals surface area contributed by atoms with Crippen LogP contribution in [0, 0.1) is 0 Å². The Kier molecular flexibility index (Phi) is 11.9. The van der Waals surface area contributed by atoms with Gasteiger partial charge in [-0.2, -0.15) is 13.2 Å². The number of ether oxygens (including phenoxy) is 1. The standard InChI is InChI=1S/C20H29BrN4O3.C2HF3O2/c21-18-4-2-17(3-5-18)20(27)25(9-1-8-23-12-14-28-15-13-23)16-19(26)24-10-6-22-7-11-24;3-2(4,5)1(6)7/h2-5,22H,1,6-16H2;(H,6,7). The lowest BCUT2D eigenvalue weighted by Gasteiger charge is -2.31. The van der Waals surface area contributed by atoms with E-state index in [9.17, 15) is 22.8 Å². The molecule has 0 saturated carbocycles. The Hall–Kier alpha value is -2.22. The maximum Gasteiger partial charge on any atom is 0.490 e. The summed E-state index contributed by atoms with van der Waals surface area (Å²) < 4.78 is 38.1. The summed E-state index contributed by atoms with van der Waals surface area (Å²) >= 11 is 3.40. The molecule has 2 N–H and O–H groups in total. The van der Waals surface area contributed by atoms with Crippen LogP contribution in [0.5, 0.6) is 0 Å². The van der Waals surface area contributed by atoms with E-state index in [-0.39, 0.29) is 18.4 Å². The summed E-state index contributed by atoms with van der Waals surface area (Å²) in [7, 11) is 0. The fourth-order valence-electron chi connectivity index (χ4n) is 3.51. The highest BCUT2D eigenvalue weighted by atomic mass is 79.9. The minimum atomic E-state index is -5.08. The molecule has 1 aromatic rings. The zero-order chi connectivity index (χ0) is 25.8. The molecule has 2 amide bonds. The molecule has 196 valence electrons. The predicted octanol–water partition coefficient (Wildman–Crippen LogP) is 1.68. The average Bonchev–Trinajstić information content (AvgIpc) is 2.84. The Balaban J connectivity index is 0.000000540. The molecule has 0 spiro atoms. The number of carboxylic acids is 1. The Morgan fingerprint density at radius 3 is 2.17 bits per heavy atom. The number of morpholine rings is 1. The fourth-order valence-corrected chi connectivity index (χ4v) is 3.78. The van der Waals surface area contributed by atoms with E-state index in [1.807, 2.05) is 17.0 Å². The highest BCUT2D eigenvalue weighted by Crippen LogP contribution is 2.14. The van der Waals surface area contributed by atoms with E-state index in [0.29, 0.717) is 25.2 Å². The molecule has 0 unspecified atom stereocenters. The van der Waals surface area contributed by atoms with Crippen LogP contribution in [-0.4, -0.2) is 116 Å². The average molecular weight is 567 g/mol. The van der Waals surface area contributed by atoms with Crippen molar-refractivity contribution in [2.45, 2.75) is 12.6 Å². The molecular weight excluding hydrogens is 537 g/mol. The van der Waals surface area contributed by atoms with Gasteiger partial charge in [-0.3, -0.25) is 14.5 Å². The van der Waals surface area contributed by atoms with Gasteiger partial charge >= 0.3 is 12.1 Å². The maximum absolute atomic E-state index is 13.1. The third-order valence-corrected chi connectivity index (χ3v) is 5.95. The second-order valence-electron chi connectivity index (χ2n) is 7.97. The van der Waals surface area contributed by atoms with Crippen molar-refractivity contribution in [3.05, 3.63) is 34.3 Å². The second-order valence-corrected chi connectivity index (χ2v) is 8.89. The molecule has 2 fully saturated rings. The summed E-state index contributed by atoms with van der Waals surface area (Å²) in [6, 6.07) is 7.32. The molecule has 0 atom stereocenters. The number of carbonyl (C=O) groups excluding carboxylic acids is 2. The first kappa shape index (κ1) is 29.0. The lowest BCUT2D eigenvalue weighted by molar-refractivity contribution is -0.192. The van der Waals surface area contributed by atoms with Crippen LogP contribution in [-0.2, 0) is 14.3 Å². The molecule has 35 heavy (non-hydrogen) atoms. The highest BCUT2D eigenvalue weighted by Gasteiger charge is 2.38. The molecule has 0 radical (unpaired) electrons. The number of aliphatic carboxylic acids is 1. The largest absolute Gasteiger partial charge is 0.490 e. The van der Waals surface area contributed by atoms with Crippen LogP contribution in [0.2, 0.25) is 0 Å². The van der Waals surface area contributed by atoms with Gasteiger partial charge in [-0.1, -0.05) is 15.9 Å². The maximum atomic E-state index is 13.1. The van der Waals surface area contributed by atoms with Crippen molar-refractivity contribution < 1.29 is 37.4 Å². The number of amides is 2. The number of hydrogen-bond acceptors (Lipinski definition) is 6. The summed E-state index contributed by atoms with van der Waals surface area (Å²) in [5.41, 5.74) is 0.614. The van der Waals surface area contributed by atoms with Crippen molar-refractivity contribution in [3.63, 3.8) is 0 Å². The quantitative estimate of drug-likeness (QED) is 0.517. The van der Waals surface area contributed by atoms with E-state index < -0.39 is 12.1 Å². The lowest BCUT2D eigenvalue weighted by atomic mass is 10.2. The van der Waals surface area contributed by atoms with Crippen LogP contribution >= 0.6 is 15.9 Å². The minimum absolute atomic E-state index is 0.0262.